The number of rotatable bonds is 2. The van der Waals surface area contributed by atoms with Gasteiger partial charge in [-0.25, -0.2) is 14.4 Å². The van der Waals surface area contributed by atoms with E-state index in [1.54, 1.807) is 0 Å². The second-order valence-corrected chi connectivity index (χ2v) is 3.86. The summed E-state index contributed by atoms with van der Waals surface area (Å²) in [5, 5.41) is 3.45. The van der Waals surface area contributed by atoms with Crippen LogP contribution in [0.1, 0.15) is 19.3 Å². The van der Waals surface area contributed by atoms with Crippen molar-refractivity contribution in [2.24, 2.45) is 0 Å². The largest absolute Gasteiger partial charge is 0.349 e. The Labute approximate surface area is 86.7 Å². The second kappa shape index (κ2) is 4.09. The quantitative estimate of drug-likeness (QED) is 0.824. The molecule has 14 heavy (non-hydrogen) atoms. The number of nitrogens with one attached hydrogen (secondary N) is 1. The summed E-state index contributed by atoms with van der Waals surface area (Å²) in [5.74, 6) is 0.448. The van der Waals surface area contributed by atoms with Crippen molar-refractivity contribution in [1.82, 2.24) is 9.97 Å². The first-order valence-corrected chi connectivity index (χ1v) is 5.01. The Morgan fingerprint density at radius 2 is 2.07 bits per heavy atom. The van der Waals surface area contributed by atoms with Crippen LogP contribution in [0.5, 0.6) is 0 Å². The van der Waals surface area contributed by atoms with Crippen molar-refractivity contribution in [2.75, 3.05) is 5.32 Å². The SMILES string of the molecule is F[C@@H]1CCC[C@H]1Nc1ncc(Cl)cn1. The minimum Gasteiger partial charge on any atom is -0.349 e. The van der Waals surface area contributed by atoms with Gasteiger partial charge in [-0.05, 0) is 19.3 Å². The van der Waals surface area contributed by atoms with Gasteiger partial charge in [0.2, 0.25) is 5.95 Å². The molecule has 76 valence electrons. The highest BCUT2D eigenvalue weighted by atomic mass is 35.5. The molecule has 0 unspecified atom stereocenters. The third kappa shape index (κ3) is 2.12. The van der Waals surface area contributed by atoms with Crippen molar-refractivity contribution in [3.63, 3.8) is 0 Å². The van der Waals surface area contributed by atoms with E-state index in [2.05, 4.69) is 15.3 Å². The van der Waals surface area contributed by atoms with Gasteiger partial charge in [0, 0.05) is 0 Å². The topological polar surface area (TPSA) is 37.8 Å². The highest BCUT2D eigenvalue weighted by molar-refractivity contribution is 6.30. The molecule has 1 saturated carbocycles. The van der Waals surface area contributed by atoms with Gasteiger partial charge in [-0.1, -0.05) is 11.6 Å². The van der Waals surface area contributed by atoms with E-state index in [0.717, 1.165) is 12.8 Å². The molecule has 2 rings (SSSR count). The van der Waals surface area contributed by atoms with E-state index in [9.17, 15) is 4.39 Å². The number of hydrogen-bond donors (Lipinski definition) is 1. The van der Waals surface area contributed by atoms with Gasteiger partial charge in [-0.3, -0.25) is 0 Å². The highest BCUT2D eigenvalue weighted by Crippen LogP contribution is 2.24. The maximum absolute atomic E-state index is 13.2. The molecule has 3 nitrogen and oxygen atoms in total. The molecular weight excluding hydrogens is 205 g/mol. The lowest BCUT2D eigenvalue weighted by Crippen LogP contribution is -2.25. The Hall–Kier alpha value is -0.900. The summed E-state index contributed by atoms with van der Waals surface area (Å²) in [5.41, 5.74) is 0. The van der Waals surface area contributed by atoms with E-state index in [4.69, 9.17) is 11.6 Å². The summed E-state index contributed by atoms with van der Waals surface area (Å²) >= 11 is 5.63. The average molecular weight is 216 g/mol. The number of alkyl halides is 1. The molecule has 1 heterocycles. The Balaban J connectivity index is 2.00. The molecule has 1 aliphatic carbocycles. The number of hydrogen-bond acceptors (Lipinski definition) is 3. The Bertz CT molecular complexity index is 303. The molecular formula is C9H11ClFN3. The minimum atomic E-state index is -0.783. The summed E-state index contributed by atoms with van der Waals surface area (Å²) in [6, 6.07) is -0.142. The van der Waals surface area contributed by atoms with Crippen LogP contribution < -0.4 is 5.32 Å². The molecule has 1 N–H and O–H groups in total. The maximum Gasteiger partial charge on any atom is 0.222 e. The molecule has 1 aromatic rings. The molecule has 0 amide bonds. The van der Waals surface area contributed by atoms with Gasteiger partial charge >= 0.3 is 0 Å². The molecule has 1 aromatic heterocycles. The standard InChI is InChI=1S/C9H11ClFN3/c10-6-4-12-9(13-5-6)14-8-3-1-2-7(8)11/h4-5,7-8H,1-3H2,(H,12,13,14)/t7-,8-/m1/s1. The molecule has 0 aliphatic heterocycles. The lowest BCUT2D eigenvalue weighted by molar-refractivity contribution is 0.323. The van der Waals surface area contributed by atoms with Crippen molar-refractivity contribution >= 4 is 17.5 Å². The fraction of sp³-hybridized carbons (Fsp3) is 0.556. The summed E-state index contributed by atoms with van der Waals surface area (Å²) in [6.45, 7) is 0. The van der Waals surface area contributed by atoms with E-state index >= 15 is 0 Å². The van der Waals surface area contributed by atoms with Gasteiger partial charge in [-0.15, -0.1) is 0 Å². The number of halogens is 2. The number of anilines is 1. The summed E-state index contributed by atoms with van der Waals surface area (Å²) < 4.78 is 13.2. The predicted molar refractivity (Wildman–Crippen MR) is 53.2 cm³/mol. The smallest absolute Gasteiger partial charge is 0.222 e. The average Bonchev–Trinajstić information content (AvgIpc) is 2.56. The fourth-order valence-electron chi connectivity index (χ4n) is 1.63. The predicted octanol–water partition coefficient (Wildman–Crippen LogP) is 2.43. The van der Waals surface area contributed by atoms with Crippen LogP contribution in [0.15, 0.2) is 12.4 Å². The van der Waals surface area contributed by atoms with E-state index < -0.39 is 6.17 Å². The fourth-order valence-corrected chi connectivity index (χ4v) is 1.73. The molecule has 1 aliphatic rings. The lowest BCUT2D eigenvalue weighted by atomic mass is 10.2. The second-order valence-electron chi connectivity index (χ2n) is 3.42. The molecule has 0 spiro atoms. The van der Waals surface area contributed by atoms with Crippen molar-refractivity contribution in [3.05, 3.63) is 17.4 Å². The van der Waals surface area contributed by atoms with Crippen LogP contribution in [0.25, 0.3) is 0 Å². The molecule has 1 fully saturated rings. The summed E-state index contributed by atoms with van der Waals surface area (Å²) in [6.07, 6.45) is 4.61. The van der Waals surface area contributed by atoms with Gasteiger partial charge in [0.15, 0.2) is 0 Å². The van der Waals surface area contributed by atoms with Crippen LogP contribution >= 0.6 is 11.6 Å². The van der Waals surface area contributed by atoms with Crippen LogP contribution in [0, 0.1) is 0 Å². The van der Waals surface area contributed by atoms with Crippen LogP contribution in [0.4, 0.5) is 10.3 Å². The van der Waals surface area contributed by atoms with E-state index in [1.807, 2.05) is 0 Å². The van der Waals surface area contributed by atoms with Gasteiger partial charge in [0.05, 0.1) is 23.5 Å². The first kappa shape index (κ1) is 9.65. The van der Waals surface area contributed by atoms with Gasteiger partial charge in [0.25, 0.3) is 0 Å². The maximum atomic E-state index is 13.2. The van der Waals surface area contributed by atoms with Crippen LogP contribution in [-0.2, 0) is 0 Å². The van der Waals surface area contributed by atoms with Gasteiger partial charge in [-0.2, -0.15) is 0 Å². The molecule has 0 bridgehead atoms. The van der Waals surface area contributed by atoms with Gasteiger partial charge < -0.3 is 5.32 Å². The van der Waals surface area contributed by atoms with E-state index in [1.165, 1.54) is 12.4 Å². The minimum absolute atomic E-state index is 0.142. The van der Waals surface area contributed by atoms with Crippen molar-refractivity contribution < 1.29 is 4.39 Å². The normalized spacial score (nSPS) is 26.4. The van der Waals surface area contributed by atoms with Crippen LogP contribution in [0.2, 0.25) is 5.02 Å². The van der Waals surface area contributed by atoms with E-state index in [0.29, 0.717) is 17.4 Å². The first-order chi connectivity index (χ1) is 6.75. The monoisotopic (exact) mass is 215 g/mol. The van der Waals surface area contributed by atoms with Crippen molar-refractivity contribution in [3.8, 4) is 0 Å². The zero-order chi connectivity index (χ0) is 9.97. The Morgan fingerprint density at radius 3 is 2.64 bits per heavy atom. The first-order valence-electron chi connectivity index (χ1n) is 4.64. The zero-order valence-corrected chi connectivity index (χ0v) is 8.34. The van der Waals surface area contributed by atoms with Crippen molar-refractivity contribution in [1.29, 1.82) is 0 Å². The van der Waals surface area contributed by atoms with Gasteiger partial charge in [0.1, 0.15) is 6.17 Å². The van der Waals surface area contributed by atoms with E-state index in [-0.39, 0.29) is 6.04 Å². The molecule has 2 atom stereocenters. The molecule has 0 radical (unpaired) electrons. The third-order valence-electron chi connectivity index (χ3n) is 2.37. The molecule has 5 heteroatoms. The van der Waals surface area contributed by atoms with Crippen LogP contribution in [-0.4, -0.2) is 22.2 Å². The molecule has 0 saturated heterocycles. The Morgan fingerprint density at radius 1 is 1.36 bits per heavy atom. The summed E-state index contributed by atoms with van der Waals surface area (Å²) in [7, 11) is 0. The summed E-state index contributed by atoms with van der Waals surface area (Å²) in [4.78, 5) is 7.91. The lowest BCUT2D eigenvalue weighted by Gasteiger charge is -2.14. The highest BCUT2D eigenvalue weighted by Gasteiger charge is 2.27. The molecule has 0 aromatic carbocycles. The third-order valence-corrected chi connectivity index (χ3v) is 2.56. The van der Waals surface area contributed by atoms with Crippen LogP contribution in [0.3, 0.4) is 0 Å². The number of aromatic nitrogens is 2. The zero-order valence-electron chi connectivity index (χ0n) is 7.58. The Kier molecular flexibility index (Phi) is 2.82. The number of nitrogens with zero attached hydrogens (tertiary/aromatic N) is 2. The van der Waals surface area contributed by atoms with Crippen molar-refractivity contribution in [2.45, 2.75) is 31.5 Å².